The van der Waals surface area contributed by atoms with Gasteiger partial charge in [0.1, 0.15) is 5.60 Å². The van der Waals surface area contributed by atoms with E-state index in [4.69, 9.17) is 4.74 Å². The monoisotopic (exact) mass is 228 g/mol. The van der Waals surface area contributed by atoms with Crippen LogP contribution in [0.25, 0.3) is 0 Å². The van der Waals surface area contributed by atoms with E-state index in [0.29, 0.717) is 6.54 Å². The van der Waals surface area contributed by atoms with E-state index in [9.17, 15) is 4.79 Å². The van der Waals surface area contributed by atoms with Crippen molar-refractivity contribution in [1.29, 1.82) is 0 Å². The van der Waals surface area contributed by atoms with Gasteiger partial charge in [-0.3, -0.25) is 0 Å². The molecule has 1 aliphatic rings. The second-order valence-electron chi connectivity index (χ2n) is 6.15. The fraction of sp³-hybridized carbons (Fsp3) is 0.917. The van der Waals surface area contributed by atoms with Crippen LogP contribution in [0.4, 0.5) is 4.79 Å². The quantitative estimate of drug-likeness (QED) is 0.784. The summed E-state index contributed by atoms with van der Waals surface area (Å²) in [5.74, 6) is 0. The molecule has 1 unspecified atom stereocenters. The van der Waals surface area contributed by atoms with Gasteiger partial charge in [0.15, 0.2) is 0 Å². The number of hydrogen-bond acceptors (Lipinski definition) is 3. The van der Waals surface area contributed by atoms with E-state index in [-0.39, 0.29) is 11.5 Å². The van der Waals surface area contributed by atoms with E-state index in [0.717, 1.165) is 19.5 Å². The standard InChI is InChI=1S/C12H24N2O2/c1-11(2,3)16-10(15)13-8-12(4)6-7-14(5)9-12/h6-9H2,1-5H3,(H,13,15). The van der Waals surface area contributed by atoms with Gasteiger partial charge in [-0.1, -0.05) is 6.92 Å². The summed E-state index contributed by atoms with van der Waals surface area (Å²) < 4.78 is 5.21. The Morgan fingerprint density at radius 3 is 2.56 bits per heavy atom. The number of ether oxygens (including phenoxy) is 1. The zero-order valence-corrected chi connectivity index (χ0v) is 11.1. The fourth-order valence-corrected chi connectivity index (χ4v) is 2.01. The number of carbonyl (C=O) groups excluding carboxylic acids is 1. The lowest BCUT2D eigenvalue weighted by Crippen LogP contribution is -2.40. The molecule has 0 spiro atoms. The van der Waals surface area contributed by atoms with Crippen LogP contribution in [0.15, 0.2) is 0 Å². The molecule has 4 nitrogen and oxygen atoms in total. The van der Waals surface area contributed by atoms with Gasteiger partial charge in [-0.05, 0) is 46.2 Å². The number of rotatable bonds is 2. The number of nitrogens with zero attached hydrogens (tertiary/aromatic N) is 1. The maximum atomic E-state index is 11.5. The van der Waals surface area contributed by atoms with E-state index in [1.165, 1.54) is 0 Å². The summed E-state index contributed by atoms with van der Waals surface area (Å²) in [6.07, 6.45) is 0.808. The van der Waals surface area contributed by atoms with Gasteiger partial charge in [0, 0.05) is 13.1 Å². The average Bonchev–Trinajstić information content (AvgIpc) is 2.41. The average molecular weight is 228 g/mol. The molecule has 1 heterocycles. The first-order valence-electron chi connectivity index (χ1n) is 5.86. The van der Waals surface area contributed by atoms with Gasteiger partial charge in [0.25, 0.3) is 0 Å². The number of likely N-dealkylation sites (tertiary alicyclic amines) is 1. The van der Waals surface area contributed by atoms with Gasteiger partial charge < -0.3 is 15.0 Å². The van der Waals surface area contributed by atoms with E-state index in [1.54, 1.807) is 0 Å². The molecule has 1 saturated heterocycles. The Hall–Kier alpha value is -0.770. The summed E-state index contributed by atoms with van der Waals surface area (Å²) in [6, 6.07) is 0. The number of alkyl carbamates (subject to hydrolysis) is 1. The van der Waals surface area contributed by atoms with Crippen molar-refractivity contribution in [3.63, 3.8) is 0 Å². The first-order valence-corrected chi connectivity index (χ1v) is 5.86. The van der Waals surface area contributed by atoms with Gasteiger partial charge in [-0.2, -0.15) is 0 Å². The predicted octanol–water partition coefficient (Wildman–Crippen LogP) is 1.85. The third-order valence-corrected chi connectivity index (χ3v) is 2.81. The number of nitrogens with one attached hydrogen (secondary N) is 1. The molecule has 1 N–H and O–H groups in total. The maximum Gasteiger partial charge on any atom is 0.407 e. The second-order valence-corrected chi connectivity index (χ2v) is 6.15. The molecule has 1 atom stereocenters. The number of hydrogen-bond donors (Lipinski definition) is 1. The molecule has 4 heteroatoms. The molecule has 94 valence electrons. The van der Waals surface area contributed by atoms with Crippen molar-refractivity contribution in [1.82, 2.24) is 10.2 Å². The van der Waals surface area contributed by atoms with Gasteiger partial charge >= 0.3 is 6.09 Å². The van der Waals surface area contributed by atoms with Crippen LogP contribution in [0.3, 0.4) is 0 Å². The zero-order valence-electron chi connectivity index (χ0n) is 11.1. The third kappa shape index (κ3) is 4.39. The van der Waals surface area contributed by atoms with Crippen molar-refractivity contribution in [2.45, 2.75) is 39.7 Å². The molecule has 0 aromatic carbocycles. The highest BCUT2D eigenvalue weighted by Crippen LogP contribution is 2.27. The van der Waals surface area contributed by atoms with Crippen LogP contribution in [0, 0.1) is 5.41 Å². The molecule has 16 heavy (non-hydrogen) atoms. The molecule has 1 fully saturated rings. The zero-order chi connectivity index (χ0) is 12.4. The van der Waals surface area contributed by atoms with Crippen molar-refractivity contribution in [3.05, 3.63) is 0 Å². The number of carbonyl (C=O) groups is 1. The Bertz CT molecular complexity index is 260. The van der Waals surface area contributed by atoms with Gasteiger partial charge in [0.05, 0.1) is 0 Å². The molecule has 0 radical (unpaired) electrons. The smallest absolute Gasteiger partial charge is 0.407 e. The summed E-state index contributed by atoms with van der Waals surface area (Å²) in [7, 11) is 2.11. The SMILES string of the molecule is CN1CCC(C)(CNC(=O)OC(C)(C)C)C1. The lowest BCUT2D eigenvalue weighted by molar-refractivity contribution is 0.0505. The van der Waals surface area contributed by atoms with Crippen molar-refractivity contribution in [2.75, 3.05) is 26.7 Å². The summed E-state index contributed by atoms with van der Waals surface area (Å²) in [5.41, 5.74) is -0.233. The maximum absolute atomic E-state index is 11.5. The highest BCUT2D eigenvalue weighted by atomic mass is 16.6. The topological polar surface area (TPSA) is 41.6 Å². The van der Waals surface area contributed by atoms with Gasteiger partial charge in [-0.25, -0.2) is 4.79 Å². The van der Waals surface area contributed by atoms with E-state index < -0.39 is 5.60 Å². The van der Waals surface area contributed by atoms with Crippen LogP contribution >= 0.6 is 0 Å². The van der Waals surface area contributed by atoms with Crippen LogP contribution in [0.1, 0.15) is 34.1 Å². The highest BCUT2D eigenvalue weighted by Gasteiger charge is 2.32. The molecule has 1 aliphatic heterocycles. The van der Waals surface area contributed by atoms with E-state index in [2.05, 4.69) is 24.2 Å². The van der Waals surface area contributed by atoms with Crippen LogP contribution in [0.5, 0.6) is 0 Å². The second kappa shape index (κ2) is 4.62. The minimum atomic E-state index is -0.419. The summed E-state index contributed by atoms with van der Waals surface area (Å²) >= 11 is 0. The highest BCUT2D eigenvalue weighted by molar-refractivity contribution is 5.67. The van der Waals surface area contributed by atoms with Crippen molar-refractivity contribution < 1.29 is 9.53 Å². The molecule has 0 aromatic rings. The Morgan fingerprint density at radius 2 is 2.12 bits per heavy atom. The first-order chi connectivity index (χ1) is 7.20. The largest absolute Gasteiger partial charge is 0.444 e. The Kier molecular flexibility index (Phi) is 3.84. The molecule has 0 aromatic heterocycles. The van der Waals surface area contributed by atoms with E-state index in [1.807, 2.05) is 20.8 Å². The van der Waals surface area contributed by atoms with Gasteiger partial charge in [0.2, 0.25) is 0 Å². The third-order valence-electron chi connectivity index (χ3n) is 2.81. The lowest BCUT2D eigenvalue weighted by atomic mass is 9.90. The van der Waals surface area contributed by atoms with Crippen molar-refractivity contribution in [2.24, 2.45) is 5.41 Å². The molecular formula is C12H24N2O2. The molecule has 0 bridgehead atoms. The van der Waals surface area contributed by atoms with Gasteiger partial charge in [-0.15, -0.1) is 0 Å². The van der Waals surface area contributed by atoms with Crippen molar-refractivity contribution in [3.8, 4) is 0 Å². The lowest BCUT2D eigenvalue weighted by Gasteiger charge is -2.25. The Morgan fingerprint density at radius 1 is 1.50 bits per heavy atom. The van der Waals surface area contributed by atoms with Crippen LogP contribution in [-0.4, -0.2) is 43.3 Å². The van der Waals surface area contributed by atoms with E-state index >= 15 is 0 Å². The summed E-state index contributed by atoms with van der Waals surface area (Å²) in [5, 5.41) is 2.85. The molecular weight excluding hydrogens is 204 g/mol. The number of amides is 1. The fourth-order valence-electron chi connectivity index (χ4n) is 2.01. The Labute approximate surface area is 98.3 Å². The summed E-state index contributed by atoms with van der Waals surface area (Å²) in [6.45, 7) is 10.6. The molecule has 0 saturated carbocycles. The molecule has 0 aliphatic carbocycles. The summed E-state index contributed by atoms with van der Waals surface area (Å²) in [4.78, 5) is 13.8. The van der Waals surface area contributed by atoms with Crippen LogP contribution in [0.2, 0.25) is 0 Å². The van der Waals surface area contributed by atoms with Crippen LogP contribution in [-0.2, 0) is 4.74 Å². The minimum absolute atomic E-state index is 0.186. The Balaban J connectivity index is 2.32. The predicted molar refractivity (Wildman–Crippen MR) is 64.5 cm³/mol. The van der Waals surface area contributed by atoms with Crippen molar-refractivity contribution >= 4 is 6.09 Å². The molecule has 1 amide bonds. The first kappa shape index (κ1) is 13.3. The molecule has 1 rings (SSSR count). The minimum Gasteiger partial charge on any atom is -0.444 e. The van der Waals surface area contributed by atoms with Crippen LogP contribution < -0.4 is 5.32 Å². The normalized spacial score (nSPS) is 26.8.